The number of methoxy groups -OCH3 is 1. The highest BCUT2D eigenvalue weighted by molar-refractivity contribution is 5.76. The summed E-state index contributed by atoms with van der Waals surface area (Å²) in [5.41, 5.74) is 1.35. The second-order valence-electron chi connectivity index (χ2n) is 3.47. The van der Waals surface area contributed by atoms with Crippen molar-refractivity contribution in [2.45, 2.75) is 6.10 Å². The first kappa shape index (κ1) is 11.3. The summed E-state index contributed by atoms with van der Waals surface area (Å²) in [6.07, 6.45) is 2.25. The van der Waals surface area contributed by atoms with Crippen molar-refractivity contribution in [3.63, 3.8) is 0 Å². The number of carbonyl (C=O) groups excluding carboxylic acids is 1. The molecule has 1 aromatic heterocycles. The van der Waals surface area contributed by atoms with Crippen LogP contribution in [0.1, 0.15) is 11.7 Å². The minimum absolute atomic E-state index is 0.493. The summed E-state index contributed by atoms with van der Waals surface area (Å²) < 4.78 is 6.15. The number of nitrogens with zero attached hydrogens (tertiary/aromatic N) is 2. The zero-order chi connectivity index (χ0) is 12.3. The Hall–Kier alpha value is -2.14. The van der Waals surface area contributed by atoms with Crippen molar-refractivity contribution in [2.24, 2.45) is 0 Å². The molecular formula is C12H12N2O3. The second-order valence-corrected chi connectivity index (χ2v) is 3.47. The molecular weight excluding hydrogens is 220 g/mol. The van der Waals surface area contributed by atoms with Crippen molar-refractivity contribution in [1.29, 1.82) is 0 Å². The first-order valence-corrected chi connectivity index (χ1v) is 5.08. The van der Waals surface area contributed by atoms with E-state index < -0.39 is 12.1 Å². The molecule has 0 spiro atoms. The number of esters is 1. The van der Waals surface area contributed by atoms with E-state index in [2.05, 4.69) is 9.84 Å². The number of carbonyl (C=O) groups is 1. The van der Waals surface area contributed by atoms with Gasteiger partial charge in [-0.05, 0) is 23.8 Å². The van der Waals surface area contributed by atoms with Gasteiger partial charge in [0.15, 0.2) is 6.10 Å². The molecule has 1 heterocycles. The van der Waals surface area contributed by atoms with Gasteiger partial charge >= 0.3 is 5.97 Å². The fraction of sp³-hybridized carbons (Fsp3) is 0.167. The Morgan fingerprint density at radius 2 is 2.12 bits per heavy atom. The molecule has 5 heteroatoms. The molecule has 0 amide bonds. The van der Waals surface area contributed by atoms with Crippen LogP contribution < -0.4 is 0 Å². The Morgan fingerprint density at radius 3 is 2.65 bits per heavy atom. The van der Waals surface area contributed by atoms with Crippen LogP contribution in [0.5, 0.6) is 0 Å². The first-order chi connectivity index (χ1) is 8.22. The number of hydrogen-bond acceptors (Lipinski definition) is 4. The Bertz CT molecular complexity index is 491. The van der Waals surface area contributed by atoms with Gasteiger partial charge in [-0.3, -0.25) is 0 Å². The number of aliphatic hydroxyl groups excluding tert-OH is 1. The average Bonchev–Trinajstić information content (AvgIpc) is 2.91. The van der Waals surface area contributed by atoms with E-state index in [4.69, 9.17) is 0 Å². The molecule has 1 unspecified atom stereocenters. The number of aromatic nitrogens is 2. The lowest BCUT2D eigenvalue weighted by atomic mass is 10.1. The van der Waals surface area contributed by atoms with E-state index >= 15 is 0 Å². The van der Waals surface area contributed by atoms with E-state index in [-0.39, 0.29) is 0 Å². The van der Waals surface area contributed by atoms with Crippen LogP contribution in [-0.4, -0.2) is 28.0 Å². The van der Waals surface area contributed by atoms with Crippen molar-refractivity contribution in [3.8, 4) is 5.69 Å². The first-order valence-electron chi connectivity index (χ1n) is 5.08. The van der Waals surface area contributed by atoms with E-state index in [1.807, 2.05) is 12.3 Å². The lowest BCUT2D eigenvalue weighted by Gasteiger charge is -2.09. The molecule has 1 aromatic carbocycles. The lowest BCUT2D eigenvalue weighted by Crippen LogP contribution is -2.13. The van der Waals surface area contributed by atoms with E-state index in [0.29, 0.717) is 5.56 Å². The number of hydrogen-bond donors (Lipinski definition) is 1. The van der Waals surface area contributed by atoms with Crippen LogP contribution in [0.2, 0.25) is 0 Å². The van der Waals surface area contributed by atoms with Gasteiger partial charge in [-0.15, -0.1) is 0 Å². The number of benzene rings is 1. The molecule has 2 rings (SSSR count). The highest BCUT2D eigenvalue weighted by Gasteiger charge is 2.17. The highest BCUT2D eigenvalue weighted by Crippen LogP contribution is 2.16. The summed E-state index contributed by atoms with van der Waals surface area (Å²) >= 11 is 0. The van der Waals surface area contributed by atoms with Crippen LogP contribution in [0.3, 0.4) is 0 Å². The minimum atomic E-state index is -1.24. The molecule has 0 bridgehead atoms. The Labute approximate surface area is 98.3 Å². The zero-order valence-corrected chi connectivity index (χ0v) is 9.28. The van der Waals surface area contributed by atoms with Gasteiger partial charge in [0.1, 0.15) is 0 Å². The molecule has 0 aliphatic rings. The van der Waals surface area contributed by atoms with Gasteiger partial charge < -0.3 is 9.84 Å². The highest BCUT2D eigenvalue weighted by atomic mass is 16.5. The van der Waals surface area contributed by atoms with Crippen molar-refractivity contribution in [1.82, 2.24) is 9.78 Å². The van der Waals surface area contributed by atoms with Crippen molar-refractivity contribution in [3.05, 3.63) is 48.3 Å². The fourth-order valence-electron chi connectivity index (χ4n) is 1.48. The monoisotopic (exact) mass is 232 g/mol. The van der Waals surface area contributed by atoms with Gasteiger partial charge in [-0.25, -0.2) is 9.48 Å². The van der Waals surface area contributed by atoms with Crippen LogP contribution >= 0.6 is 0 Å². The molecule has 0 fully saturated rings. The molecule has 0 saturated heterocycles. The quantitative estimate of drug-likeness (QED) is 0.804. The Balaban J connectivity index is 2.21. The minimum Gasteiger partial charge on any atom is -0.467 e. The van der Waals surface area contributed by atoms with Gasteiger partial charge in [0, 0.05) is 12.4 Å². The second kappa shape index (κ2) is 4.80. The number of aliphatic hydroxyl groups is 1. The van der Waals surface area contributed by atoms with Crippen molar-refractivity contribution < 1.29 is 14.6 Å². The molecule has 1 N–H and O–H groups in total. The maximum Gasteiger partial charge on any atom is 0.339 e. The van der Waals surface area contributed by atoms with E-state index in [0.717, 1.165) is 5.69 Å². The standard InChI is InChI=1S/C12H12N2O3/c1-17-12(16)11(15)9-3-5-10(6-4-9)14-8-2-7-13-14/h2-8,11,15H,1H3. The van der Waals surface area contributed by atoms with Crippen molar-refractivity contribution >= 4 is 5.97 Å². The van der Waals surface area contributed by atoms with Gasteiger partial charge in [0.25, 0.3) is 0 Å². The molecule has 17 heavy (non-hydrogen) atoms. The van der Waals surface area contributed by atoms with Crippen LogP contribution in [0, 0.1) is 0 Å². The van der Waals surface area contributed by atoms with Gasteiger partial charge in [-0.2, -0.15) is 5.10 Å². The molecule has 2 aromatic rings. The predicted octanol–water partition coefficient (Wildman–Crippen LogP) is 1.08. The summed E-state index contributed by atoms with van der Waals surface area (Å²) in [5.74, 6) is -0.670. The largest absolute Gasteiger partial charge is 0.467 e. The maximum atomic E-state index is 11.1. The van der Waals surface area contributed by atoms with Crippen LogP contribution in [-0.2, 0) is 9.53 Å². The summed E-state index contributed by atoms with van der Waals surface area (Å²) in [4.78, 5) is 11.1. The van der Waals surface area contributed by atoms with Gasteiger partial charge in [0.2, 0.25) is 0 Å². The van der Waals surface area contributed by atoms with Crippen LogP contribution in [0.4, 0.5) is 0 Å². The van der Waals surface area contributed by atoms with Crippen LogP contribution in [0.25, 0.3) is 5.69 Å². The summed E-state index contributed by atoms with van der Waals surface area (Å²) in [6.45, 7) is 0. The summed E-state index contributed by atoms with van der Waals surface area (Å²) in [7, 11) is 1.24. The van der Waals surface area contributed by atoms with E-state index in [9.17, 15) is 9.90 Å². The smallest absolute Gasteiger partial charge is 0.339 e. The lowest BCUT2D eigenvalue weighted by molar-refractivity contribution is -0.150. The maximum absolute atomic E-state index is 11.1. The van der Waals surface area contributed by atoms with E-state index in [1.54, 1.807) is 35.1 Å². The molecule has 0 aliphatic carbocycles. The topological polar surface area (TPSA) is 64.3 Å². The molecule has 0 saturated carbocycles. The summed E-state index contributed by atoms with van der Waals surface area (Å²) in [5, 5.41) is 13.7. The Morgan fingerprint density at radius 1 is 1.41 bits per heavy atom. The third kappa shape index (κ3) is 2.34. The van der Waals surface area contributed by atoms with Crippen molar-refractivity contribution in [2.75, 3.05) is 7.11 Å². The normalized spacial score (nSPS) is 12.1. The average molecular weight is 232 g/mol. The SMILES string of the molecule is COC(=O)C(O)c1ccc(-n2cccn2)cc1. The molecule has 1 atom stereocenters. The van der Waals surface area contributed by atoms with Gasteiger partial charge in [-0.1, -0.05) is 12.1 Å². The number of rotatable bonds is 3. The Kier molecular flexibility index (Phi) is 3.20. The molecule has 0 aliphatic heterocycles. The summed E-state index contributed by atoms with van der Waals surface area (Å²) in [6, 6.07) is 8.69. The third-order valence-corrected chi connectivity index (χ3v) is 2.40. The predicted molar refractivity (Wildman–Crippen MR) is 60.5 cm³/mol. The third-order valence-electron chi connectivity index (χ3n) is 2.40. The number of ether oxygens (including phenoxy) is 1. The molecule has 5 nitrogen and oxygen atoms in total. The molecule has 88 valence electrons. The zero-order valence-electron chi connectivity index (χ0n) is 9.28. The van der Waals surface area contributed by atoms with E-state index in [1.165, 1.54) is 7.11 Å². The fourth-order valence-corrected chi connectivity index (χ4v) is 1.48. The van der Waals surface area contributed by atoms with Crippen LogP contribution in [0.15, 0.2) is 42.7 Å². The van der Waals surface area contributed by atoms with Gasteiger partial charge in [0.05, 0.1) is 12.8 Å². The molecule has 0 radical (unpaired) electrons.